The molecule has 2 rings (SSSR count). The van der Waals surface area contributed by atoms with Crippen LogP contribution in [-0.2, 0) is 5.54 Å². The maximum absolute atomic E-state index is 6.69. The van der Waals surface area contributed by atoms with Crippen molar-refractivity contribution >= 4 is 15.9 Å². The molecular formula is C16H24BrNO. The predicted octanol–water partition coefficient (Wildman–Crippen LogP) is 4.70. The summed E-state index contributed by atoms with van der Waals surface area (Å²) in [5.41, 5.74) is 8.96. The van der Waals surface area contributed by atoms with Gasteiger partial charge in [0.05, 0.1) is 11.6 Å². The zero-order chi connectivity index (χ0) is 14.0. The van der Waals surface area contributed by atoms with Crippen LogP contribution in [0.5, 0.6) is 5.75 Å². The van der Waals surface area contributed by atoms with Crippen LogP contribution < -0.4 is 10.5 Å². The van der Waals surface area contributed by atoms with Gasteiger partial charge < -0.3 is 10.5 Å². The first-order chi connectivity index (χ1) is 8.98. The summed E-state index contributed by atoms with van der Waals surface area (Å²) >= 11 is 3.64. The van der Waals surface area contributed by atoms with Gasteiger partial charge in [0.15, 0.2) is 0 Å². The lowest BCUT2D eigenvalue weighted by atomic mass is 9.76. The van der Waals surface area contributed by atoms with E-state index in [1.807, 2.05) is 0 Å². The number of benzene rings is 1. The number of ether oxygens (including phenoxy) is 1. The van der Waals surface area contributed by atoms with Gasteiger partial charge in [-0.2, -0.15) is 0 Å². The van der Waals surface area contributed by atoms with Crippen LogP contribution in [-0.4, -0.2) is 7.11 Å². The standard InChI is InChI=1S/C16H24BrNO/c1-11(2)12-9-13(15(19-3)14(17)10-12)16(18)7-5-4-6-8-16/h9-11H,4-8,18H2,1-3H3. The first kappa shape index (κ1) is 14.9. The Labute approximate surface area is 124 Å². The molecule has 2 N–H and O–H groups in total. The second-order valence-electron chi connectivity index (χ2n) is 5.96. The Kier molecular flexibility index (Phi) is 4.57. The molecule has 3 heteroatoms. The predicted molar refractivity (Wildman–Crippen MR) is 83.7 cm³/mol. The molecular weight excluding hydrogens is 302 g/mol. The van der Waals surface area contributed by atoms with Crippen LogP contribution in [0.15, 0.2) is 16.6 Å². The fourth-order valence-corrected chi connectivity index (χ4v) is 3.62. The Morgan fingerprint density at radius 3 is 2.37 bits per heavy atom. The average molecular weight is 326 g/mol. The summed E-state index contributed by atoms with van der Waals surface area (Å²) in [7, 11) is 1.73. The number of halogens is 1. The fraction of sp³-hybridized carbons (Fsp3) is 0.625. The zero-order valence-electron chi connectivity index (χ0n) is 12.1. The van der Waals surface area contributed by atoms with Gasteiger partial charge in [0.1, 0.15) is 5.75 Å². The van der Waals surface area contributed by atoms with Crippen LogP contribution >= 0.6 is 15.9 Å². The van der Waals surface area contributed by atoms with Crippen molar-refractivity contribution in [1.29, 1.82) is 0 Å². The minimum absolute atomic E-state index is 0.225. The molecule has 0 atom stereocenters. The van der Waals surface area contributed by atoms with E-state index >= 15 is 0 Å². The molecule has 0 amide bonds. The third-order valence-corrected chi connectivity index (χ3v) is 4.81. The molecule has 0 spiro atoms. The molecule has 1 fully saturated rings. The average Bonchev–Trinajstić information content (AvgIpc) is 2.38. The SMILES string of the molecule is COc1c(Br)cc(C(C)C)cc1C1(N)CCCCC1. The van der Waals surface area contributed by atoms with Crippen LogP contribution in [0.2, 0.25) is 0 Å². The van der Waals surface area contributed by atoms with E-state index in [9.17, 15) is 0 Å². The first-order valence-electron chi connectivity index (χ1n) is 7.15. The maximum Gasteiger partial charge on any atom is 0.138 e. The normalized spacial score (nSPS) is 18.6. The highest BCUT2D eigenvalue weighted by atomic mass is 79.9. The minimum Gasteiger partial charge on any atom is -0.495 e. The number of hydrogen-bond acceptors (Lipinski definition) is 2. The lowest BCUT2D eigenvalue weighted by molar-refractivity contribution is 0.288. The van der Waals surface area contributed by atoms with Gasteiger partial charge in [-0.05, 0) is 52.4 Å². The molecule has 0 bridgehead atoms. The molecule has 1 aliphatic rings. The highest BCUT2D eigenvalue weighted by Gasteiger charge is 2.33. The summed E-state index contributed by atoms with van der Waals surface area (Å²) in [4.78, 5) is 0. The largest absolute Gasteiger partial charge is 0.495 e. The Bertz CT molecular complexity index is 450. The van der Waals surface area contributed by atoms with E-state index in [0.717, 1.165) is 23.1 Å². The van der Waals surface area contributed by atoms with Gasteiger partial charge in [-0.3, -0.25) is 0 Å². The molecule has 1 saturated carbocycles. The monoisotopic (exact) mass is 325 g/mol. The number of hydrogen-bond donors (Lipinski definition) is 1. The lowest BCUT2D eigenvalue weighted by Gasteiger charge is -2.35. The van der Waals surface area contributed by atoms with E-state index in [2.05, 4.69) is 41.9 Å². The molecule has 0 aromatic heterocycles. The Balaban J connectivity index is 2.52. The molecule has 1 aromatic carbocycles. The van der Waals surface area contributed by atoms with Crippen molar-refractivity contribution < 1.29 is 4.74 Å². The smallest absolute Gasteiger partial charge is 0.138 e. The first-order valence-corrected chi connectivity index (χ1v) is 7.94. The van der Waals surface area contributed by atoms with Crippen molar-refractivity contribution in [1.82, 2.24) is 0 Å². The highest BCUT2D eigenvalue weighted by molar-refractivity contribution is 9.10. The van der Waals surface area contributed by atoms with E-state index in [-0.39, 0.29) is 5.54 Å². The summed E-state index contributed by atoms with van der Waals surface area (Å²) < 4.78 is 6.62. The van der Waals surface area contributed by atoms with Crippen molar-refractivity contribution in [3.05, 3.63) is 27.7 Å². The Hall–Kier alpha value is -0.540. The van der Waals surface area contributed by atoms with Crippen molar-refractivity contribution in [3.8, 4) is 5.75 Å². The summed E-state index contributed by atoms with van der Waals surface area (Å²) in [6, 6.07) is 4.40. The fourth-order valence-electron chi connectivity index (χ4n) is 2.98. The van der Waals surface area contributed by atoms with Gasteiger partial charge in [0.25, 0.3) is 0 Å². The van der Waals surface area contributed by atoms with E-state index in [0.29, 0.717) is 5.92 Å². The van der Waals surface area contributed by atoms with Crippen LogP contribution in [0.4, 0.5) is 0 Å². The topological polar surface area (TPSA) is 35.2 Å². The van der Waals surface area contributed by atoms with Crippen LogP contribution in [0.1, 0.15) is 63.0 Å². The van der Waals surface area contributed by atoms with Gasteiger partial charge in [0, 0.05) is 11.1 Å². The summed E-state index contributed by atoms with van der Waals surface area (Å²) in [6.45, 7) is 4.42. The number of rotatable bonds is 3. The van der Waals surface area contributed by atoms with Crippen molar-refractivity contribution in [2.45, 2.75) is 57.4 Å². The summed E-state index contributed by atoms with van der Waals surface area (Å²) in [6.07, 6.45) is 5.83. The third-order valence-electron chi connectivity index (χ3n) is 4.22. The lowest BCUT2D eigenvalue weighted by Crippen LogP contribution is -2.39. The number of nitrogens with two attached hydrogens (primary N) is 1. The van der Waals surface area contributed by atoms with Gasteiger partial charge >= 0.3 is 0 Å². The molecule has 0 aliphatic heterocycles. The van der Waals surface area contributed by atoms with Gasteiger partial charge in [0.2, 0.25) is 0 Å². The Morgan fingerprint density at radius 2 is 1.84 bits per heavy atom. The van der Waals surface area contributed by atoms with E-state index in [4.69, 9.17) is 10.5 Å². The van der Waals surface area contributed by atoms with Crippen molar-refractivity contribution in [2.24, 2.45) is 5.73 Å². The van der Waals surface area contributed by atoms with Crippen LogP contribution in [0.25, 0.3) is 0 Å². The minimum atomic E-state index is -0.225. The highest BCUT2D eigenvalue weighted by Crippen LogP contribution is 2.43. The maximum atomic E-state index is 6.69. The second kappa shape index (κ2) is 5.84. The van der Waals surface area contributed by atoms with Crippen LogP contribution in [0.3, 0.4) is 0 Å². The molecule has 106 valence electrons. The molecule has 2 nitrogen and oxygen atoms in total. The van der Waals surface area contributed by atoms with Gasteiger partial charge in [-0.1, -0.05) is 33.1 Å². The van der Waals surface area contributed by atoms with E-state index in [1.54, 1.807) is 7.11 Å². The third kappa shape index (κ3) is 2.97. The molecule has 0 unspecified atom stereocenters. The van der Waals surface area contributed by atoms with Crippen molar-refractivity contribution in [2.75, 3.05) is 7.11 Å². The van der Waals surface area contributed by atoms with Crippen LogP contribution in [0, 0.1) is 0 Å². The Morgan fingerprint density at radius 1 is 1.21 bits per heavy atom. The van der Waals surface area contributed by atoms with E-state index < -0.39 is 0 Å². The summed E-state index contributed by atoms with van der Waals surface area (Å²) in [5, 5.41) is 0. The van der Waals surface area contributed by atoms with E-state index in [1.165, 1.54) is 30.4 Å². The molecule has 1 aliphatic carbocycles. The van der Waals surface area contributed by atoms with Crippen molar-refractivity contribution in [3.63, 3.8) is 0 Å². The molecule has 0 heterocycles. The number of methoxy groups -OCH3 is 1. The van der Waals surface area contributed by atoms with Gasteiger partial charge in [-0.25, -0.2) is 0 Å². The molecule has 0 saturated heterocycles. The molecule has 19 heavy (non-hydrogen) atoms. The van der Waals surface area contributed by atoms with Gasteiger partial charge in [-0.15, -0.1) is 0 Å². The molecule has 0 radical (unpaired) electrons. The quantitative estimate of drug-likeness (QED) is 0.874. The second-order valence-corrected chi connectivity index (χ2v) is 6.81. The zero-order valence-corrected chi connectivity index (χ0v) is 13.7. The molecule has 1 aromatic rings. The summed E-state index contributed by atoms with van der Waals surface area (Å²) in [5.74, 6) is 1.40.